The highest BCUT2D eigenvalue weighted by molar-refractivity contribution is 7.99. The van der Waals surface area contributed by atoms with Crippen LogP contribution in [0.5, 0.6) is 0 Å². The first kappa shape index (κ1) is 14.2. The smallest absolute Gasteiger partial charge is 0.344 e. The van der Waals surface area contributed by atoms with Crippen LogP contribution in [-0.2, 0) is 4.74 Å². The molecule has 2 unspecified atom stereocenters. The van der Waals surface area contributed by atoms with Gasteiger partial charge in [0.1, 0.15) is 6.23 Å². The summed E-state index contributed by atoms with van der Waals surface area (Å²) in [6, 6.07) is 10.9. The van der Waals surface area contributed by atoms with Crippen LogP contribution < -0.4 is 4.90 Å². The van der Waals surface area contributed by atoms with Gasteiger partial charge in [0, 0.05) is 29.0 Å². The number of nitrogens with zero attached hydrogens (tertiary/aromatic N) is 1. The maximum Gasteiger partial charge on any atom is 0.419 e. The summed E-state index contributed by atoms with van der Waals surface area (Å²) in [4.78, 5) is 2.00. The minimum absolute atomic E-state index is 0.231. The normalized spacial score (nSPS) is 25.0. The van der Waals surface area contributed by atoms with Crippen LogP contribution in [0.15, 0.2) is 36.4 Å². The number of halogens is 3. The van der Waals surface area contributed by atoms with Gasteiger partial charge in [-0.25, -0.2) is 0 Å². The zero-order chi connectivity index (χ0) is 15.3. The molecule has 0 amide bonds. The number of fused-ring (bicyclic) bond motifs is 5. The topological polar surface area (TPSA) is 12.5 Å². The molecule has 116 valence electrons. The van der Waals surface area contributed by atoms with E-state index >= 15 is 0 Å². The van der Waals surface area contributed by atoms with E-state index in [-0.39, 0.29) is 5.56 Å². The van der Waals surface area contributed by atoms with E-state index < -0.39 is 18.5 Å². The average molecular weight is 325 g/mol. The number of ether oxygens (including phenoxy) is 1. The molecule has 0 aliphatic carbocycles. The summed E-state index contributed by atoms with van der Waals surface area (Å²) in [5.74, 6) is 1.47. The van der Waals surface area contributed by atoms with Crippen LogP contribution >= 0.6 is 11.8 Å². The Kier molecular flexibility index (Phi) is 3.27. The first-order valence-corrected chi connectivity index (χ1v) is 8.29. The number of alkyl halides is 3. The van der Waals surface area contributed by atoms with Crippen LogP contribution in [0.25, 0.3) is 10.8 Å². The van der Waals surface area contributed by atoms with Crippen LogP contribution in [0.4, 0.5) is 18.9 Å². The highest BCUT2D eigenvalue weighted by Gasteiger charge is 2.49. The van der Waals surface area contributed by atoms with Crippen molar-refractivity contribution in [1.29, 1.82) is 0 Å². The molecule has 4 rings (SSSR count). The lowest BCUT2D eigenvalue weighted by Crippen LogP contribution is -2.50. The number of anilines is 1. The summed E-state index contributed by atoms with van der Waals surface area (Å²) in [7, 11) is 0. The van der Waals surface area contributed by atoms with Gasteiger partial charge in [0.25, 0.3) is 0 Å². The van der Waals surface area contributed by atoms with Gasteiger partial charge in [-0.3, -0.25) is 0 Å². The molecule has 1 saturated heterocycles. The maximum atomic E-state index is 13.4. The van der Waals surface area contributed by atoms with E-state index in [1.54, 1.807) is 23.9 Å². The van der Waals surface area contributed by atoms with E-state index in [1.165, 1.54) is 0 Å². The van der Waals surface area contributed by atoms with Crippen LogP contribution in [0.1, 0.15) is 11.7 Å². The lowest BCUT2D eigenvalue weighted by atomic mass is 9.97. The molecule has 2 heterocycles. The predicted molar refractivity (Wildman–Crippen MR) is 82.3 cm³/mol. The van der Waals surface area contributed by atoms with Gasteiger partial charge >= 0.3 is 6.18 Å². The second-order valence-corrected chi connectivity index (χ2v) is 6.66. The fourth-order valence-electron chi connectivity index (χ4n) is 3.24. The minimum Gasteiger partial charge on any atom is -0.344 e. The monoisotopic (exact) mass is 325 g/mol. The number of rotatable bonds is 0. The third-order valence-electron chi connectivity index (χ3n) is 4.18. The number of thioether (sulfide) groups is 1. The fraction of sp³-hybridized carbons (Fsp3) is 0.375. The molecule has 22 heavy (non-hydrogen) atoms. The first-order valence-electron chi connectivity index (χ1n) is 7.14. The largest absolute Gasteiger partial charge is 0.419 e. The summed E-state index contributed by atoms with van der Waals surface area (Å²) in [5, 5.41) is 1.83. The van der Waals surface area contributed by atoms with Crippen molar-refractivity contribution in [2.45, 2.75) is 18.5 Å². The van der Waals surface area contributed by atoms with Crippen LogP contribution in [-0.4, -0.2) is 30.5 Å². The van der Waals surface area contributed by atoms with E-state index in [0.717, 1.165) is 16.5 Å². The first-order chi connectivity index (χ1) is 10.6. The number of benzene rings is 2. The van der Waals surface area contributed by atoms with Gasteiger partial charge in [-0.05, 0) is 5.39 Å². The highest BCUT2D eigenvalue weighted by Crippen LogP contribution is 2.48. The molecule has 0 N–H and O–H groups in total. The molecule has 1 fully saturated rings. The molecular weight excluding hydrogens is 311 g/mol. The molecule has 6 heteroatoms. The van der Waals surface area contributed by atoms with Crippen molar-refractivity contribution >= 4 is 28.2 Å². The summed E-state index contributed by atoms with van der Waals surface area (Å²) in [6.07, 6.45) is -6.75. The van der Waals surface area contributed by atoms with Gasteiger partial charge in [0.05, 0.1) is 5.69 Å². The molecule has 0 saturated carbocycles. The van der Waals surface area contributed by atoms with Crippen LogP contribution in [0, 0.1) is 0 Å². The van der Waals surface area contributed by atoms with Gasteiger partial charge in [-0.2, -0.15) is 24.9 Å². The van der Waals surface area contributed by atoms with E-state index in [9.17, 15) is 13.2 Å². The summed E-state index contributed by atoms with van der Waals surface area (Å²) in [5.41, 5.74) is 0.923. The average Bonchev–Trinajstić information content (AvgIpc) is 2.52. The second-order valence-electron chi connectivity index (χ2n) is 5.51. The lowest BCUT2D eigenvalue weighted by Gasteiger charge is -2.45. The lowest BCUT2D eigenvalue weighted by molar-refractivity contribution is -0.237. The third kappa shape index (κ3) is 2.16. The third-order valence-corrected chi connectivity index (χ3v) is 5.17. The SMILES string of the molecule is FC(F)(F)C1OC2CSCCN2c2c1ccc1ccccc21. The summed E-state index contributed by atoms with van der Waals surface area (Å²) < 4.78 is 45.7. The van der Waals surface area contributed by atoms with Crippen molar-refractivity contribution in [1.82, 2.24) is 0 Å². The van der Waals surface area contributed by atoms with Crippen LogP contribution in [0.2, 0.25) is 0 Å². The molecule has 0 radical (unpaired) electrons. The molecule has 0 bridgehead atoms. The van der Waals surface area contributed by atoms with E-state index in [4.69, 9.17) is 4.74 Å². The zero-order valence-corrected chi connectivity index (χ0v) is 12.5. The summed E-state index contributed by atoms with van der Waals surface area (Å²) in [6.45, 7) is 0.709. The molecule has 2 nitrogen and oxygen atoms in total. The summed E-state index contributed by atoms with van der Waals surface area (Å²) >= 11 is 1.64. The van der Waals surface area contributed by atoms with Crippen molar-refractivity contribution < 1.29 is 17.9 Å². The van der Waals surface area contributed by atoms with Crippen molar-refractivity contribution in [3.05, 3.63) is 42.0 Å². The molecule has 0 spiro atoms. The highest BCUT2D eigenvalue weighted by atomic mass is 32.2. The zero-order valence-electron chi connectivity index (χ0n) is 11.6. The predicted octanol–water partition coefficient (Wildman–Crippen LogP) is 4.35. The van der Waals surface area contributed by atoms with Gasteiger partial charge in [-0.1, -0.05) is 36.4 Å². The van der Waals surface area contributed by atoms with Gasteiger partial charge in [0.15, 0.2) is 6.10 Å². The number of hydrogen-bond donors (Lipinski definition) is 0. The van der Waals surface area contributed by atoms with Gasteiger partial charge in [0.2, 0.25) is 0 Å². The van der Waals surface area contributed by atoms with Crippen molar-refractivity contribution in [3.63, 3.8) is 0 Å². The minimum atomic E-state index is -4.40. The Morgan fingerprint density at radius 2 is 1.95 bits per heavy atom. The molecule has 2 atom stereocenters. The molecule has 2 aromatic carbocycles. The molecule has 2 aliphatic heterocycles. The Balaban J connectivity index is 1.97. The van der Waals surface area contributed by atoms with E-state index in [2.05, 4.69) is 0 Å². The second kappa shape index (κ2) is 5.06. The molecular formula is C16H14F3NOS. The van der Waals surface area contributed by atoms with E-state index in [0.29, 0.717) is 18.0 Å². The maximum absolute atomic E-state index is 13.4. The Labute approximate surface area is 130 Å². The fourth-order valence-corrected chi connectivity index (χ4v) is 4.19. The standard InChI is InChI=1S/C16H14F3NOS/c17-16(18,19)15-12-6-5-10-3-1-2-4-11(10)14(12)20-7-8-22-9-13(20)21-15/h1-6,13,15H,7-9H2. The van der Waals surface area contributed by atoms with Gasteiger partial charge in [-0.15, -0.1) is 0 Å². The molecule has 2 aromatic rings. The van der Waals surface area contributed by atoms with Crippen molar-refractivity contribution in [2.75, 3.05) is 23.0 Å². The molecule has 0 aromatic heterocycles. The van der Waals surface area contributed by atoms with Crippen molar-refractivity contribution in [3.8, 4) is 0 Å². The Bertz CT molecular complexity index is 718. The number of hydrogen-bond acceptors (Lipinski definition) is 3. The van der Waals surface area contributed by atoms with E-state index in [1.807, 2.05) is 29.2 Å². The van der Waals surface area contributed by atoms with Crippen LogP contribution in [0.3, 0.4) is 0 Å². The molecule has 2 aliphatic rings. The quantitative estimate of drug-likeness (QED) is 0.714. The Hall–Kier alpha value is -1.40. The Morgan fingerprint density at radius 1 is 1.14 bits per heavy atom. The van der Waals surface area contributed by atoms with Crippen molar-refractivity contribution in [2.24, 2.45) is 0 Å². The Morgan fingerprint density at radius 3 is 2.77 bits per heavy atom. The van der Waals surface area contributed by atoms with Gasteiger partial charge < -0.3 is 9.64 Å².